The molecule has 0 spiro atoms. The van der Waals surface area contributed by atoms with Gasteiger partial charge in [0.25, 0.3) is 0 Å². The van der Waals surface area contributed by atoms with Crippen molar-refractivity contribution in [3.63, 3.8) is 0 Å². The van der Waals surface area contributed by atoms with Gasteiger partial charge in [0.1, 0.15) is 0 Å². The molecule has 4 rings (SSSR count). The van der Waals surface area contributed by atoms with Crippen LogP contribution in [0.4, 0.5) is 0 Å². The molecule has 4 aliphatic rings. The Morgan fingerprint density at radius 1 is 0.860 bits per heavy atom. The maximum atomic E-state index is 12.8. The summed E-state index contributed by atoms with van der Waals surface area (Å²) in [5.41, 5.74) is -0.0931. The van der Waals surface area contributed by atoms with Crippen molar-refractivity contribution in [1.29, 1.82) is 0 Å². The zero-order valence-electron chi connectivity index (χ0n) is 33.2. The van der Waals surface area contributed by atoms with Crippen molar-refractivity contribution in [2.75, 3.05) is 19.7 Å². The second kappa shape index (κ2) is 17.4. The molecule has 0 aromatic heterocycles. The number of amides is 2. The number of nitrogens with one attached hydrogen (secondary N) is 2. The summed E-state index contributed by atoms with van der Waals surface area (Å²) in [7, 11) is -1.86. The van der Waals surface area contributed by atoms with Crippen molar-refractivity contribution < 1.29 is 29.3 Å². The van der Waals surface area contributed by atoms with Gasteiger partial charge in [-0.3, -0.25) is 9.59 Å². The molecule has 0 radical (unpaired) electrons. The Balaban J connectivity index is 1.23. The molecule has 5 N–H and O–H groups in total. The Labute approximate surface area is 306 Å². The fraction of sp³-hybridized carbons (Fsp3) is 0.951. The Morgan fingerprint density at radius 2 is 1.50 bits per heavy atom. The van der Waals surface area contributed by atoms with E-state index in [9.17, 15) is 19.8 Å². The van der Waals surface area contributed by atoms with Gasteiger partial charge in [0.2, 0.25) is 11.8 Å². The molecule has 2 amide bonds. The van der Waals surface area contributed by atoms with E-state index >= 15 is 0 Å². The lowest BCUT2D eigenvalue weighted by Gasteiger charge is -2.64. The number of rotatable bonds is 17. The molecule has 290 valence electrons. The van der Waals surface area contributed by atoms with Crippen LogP contribution in [0.3, 0.4) is 0 Å². The first-order valence-corrected chi connectivity index (χ1v) is 23.5. The van der Waals surface area contributed by atoms with Crippen LogP contribution in [-0.4, -0.2) is 73.5 Å². The van der Waals surface area contributed by atoms with E-state index in [0.717, 1.165) is 89.9 Å². The number of hydrogen-bond acceptors (Lipinski definition) is 6. The molecule has 4 fully saturated rings. The SMILES string of the molecule is C[C@H](CCC(=O)NCCCCCC(=O)NCCCCCO)[C@H]1CC[C@H]2[C@@H]3[C@H](O)CC4C[C@H](O[Si](C)(C)C(C)(C)C)CC[C@]4(C)[C@H]3C[C@H](O)[C@]12C. The minimum absolute atomic E-state index is 0.0830. The summed E-state index contributed by atoms with van der Waals surface area (Å²) in [5, 5.41) is 39.0. The standard InChI is InChI=1S/C41H76N2O6Si/c1-28(16-19-37(48)43-22-12-9-11-15-36(47)42-23-13-10-14-24-44)31-17-18-32-38-33(27-35(46)41(31,32)6)40(5)21-20-30(25-29(40)26-34(38)45)49-50(7,8)39(2,3)4/h28-35,38,44-46H,9-27H2,1-8H3,(H,42,47)(H,43,48)/t28-,29?,30-,31-,32+,33+,34-,35+,38+,40+,41-/m1/s1. The zero-order chi connectivity index (χ0) is 36.9. The van der Waals surface area contributed by atoms with Gasteiger partial charge >= 0.3 is 0 Å². The Hall–Kier alpha value is -1.00. The molecule has 1 unspecified atom stereocenters. The van der Waals surface area contributed by atoms with Gasteiger partial charge in [-0.2, -0.15) is 0 Å². The van der Waals surface area contributed by atoms with Gasteiger partial charge in [-0.1, -0.05) is 48.0 Å². The van der Waals surface area contributed by atoms with Gasteiger partial charge in [0, 0.05) is 38.6 Å². The van der Waals surface area contributed by atoms with Crippen molar-refractivity contribution >= 4 is 20.1 Å². The molecule has 4 aliphatic carbocycles. The Morgan fingerprint density at radius 3 is 2.14 bits per heavy atom. The van der Waals surface area contributed by atoms with Crippen LogP contribution in [0.15, 0.2) is 0 Å². The second-order valence-corrected chi connectivity index (χ2v) is 23.9. The van der Waals surface area contributed by atoms with Crippen LogP contribution >= 0.6 is 0 Å². The van der Waals surface area contributed by atoms with Gasteiger partial charge in [0.05, 0.1) is 12.2 Å². The van der Waals surface area contributed by atoms with Gasteiger partial charge in [-0.15, -0.1) is 0 Å². The van der Waals surface area contributed by atoms with Crippen LogP contribution in [-0.2, 0) is 14.0 Å². The van der Waals surface area contributed by atoms with Crippen LogP contribution in [0.25, 0.3) is 0 Å². The van der Waals surface area contributed by atoms with Gasteiger partial charge in [-0.25, -0.2) is 0 Å². The van der Waals surface area contributed by atoms with E-state index in [2.05, 4.69) is 65.3 Å². The number of unbranched alkanes of at least 4 members (excludes halogenated alkanes) is 4. The van der Waals surface area contributed by atoms with Crippen LogP contribution in [0.5, 0.6) is 0 Å². The van der Waals surface area contributed by atoms with Gasteiger partial charge in [-0.05, 0) is 148 Å². The maximum Gasteiger partial charge on any atom is 0.220 e. The lowest BCUT2D eigenvalue weighted by molar-refractivity contribution is -0.206. The third-order valence-corrected chi connectivity index (χ3v) is 19.7. The van der Waals surface area contributed by atoms with Crippen LogP contribution in [0, 0.1) is 46.3 Å². The molecule has 0 saturated heterocycles. The molecule has 9 heteroatoms. The van der Waals surface area contributed by atoms with Crippen molar-refractivity contribution in [3.05, 3.63) is 0 Å². The summed E-state index contributed by atoms with van der Waals surface area (Å²) < 4.78 is 6.92. The van der Waals surface area contributed by atoms with Crippen molar-refractivity contribution in [1.82, 2.24) is 10.6 Å². The summed E-state index contributed by atoms with van der Waals surface area (Å²) in [6.45, 7) is 20.2. The highest BCUT2D eigenvalue weighted by Crippen LogP contribution is 2.68. The number of hydrogen-bond donors (Lipinski definition) is 5. The molecule has 0 aliphatic heterocycles. The van der Waals surface area contributed by atoms with E-state index in [4.69, 9.17) is 9.53 Å². The Kier molecular flexibility index (Phi) is 14.6. The lowest BCUT2D eigenvalue weighted by atomic mass is 9.43. The largest absolute Gasteiger partial charge is 0.414 e. The van der Waals surface area contributed by atoms with Crippen LogP contribution < -0.4 is 10.6 Å². The molecule has 0 heterocycles. The Bertz CT molecular complexity index is 1110. The fourth-order valence-electron chi connectivity index (χ4n) is 11.0. The number of aliphatic hydroxyl groups is 3. The molecule has 0 aromatic rings. The van der Waals surface area contributed by atoms with Gasteiger partial charge < -0.3 is 30.4 Å². The first-order chi connectivity index (χ1) is 23.5. The molecule has 0 bridgehead atoms. The molecule has 11 atom stereocenters. The minimum Gasteiger partial charge on any atom is -0.414 e. The predicted octanol–water partition coefficient (Wildman–Crippen LogP) is 7.35. The van der Waals surface area contributed by atoms with Gasteiger partial charge in [0.15, 0.2) is 8.32 Å². The molecule has 4 saturated carbocycles. The molecule has 0 aromatic carbocycles. The van der Waals surface area contributed by atoms with Crippen LogP contribution in [0.2, 0.25) is 18.1 Å². The summed E-state index contributed by atoms with van der Waals surface area (Å²) in [5.74, 6) is 2.20. The highest BCUT2D eigenvalue weighted by molar-refractivity contribution is 6.74. The zero-order valence-corrected chi connectivity index (χ0v) is 34.2. The second-order valence-electron chi connectivity index (χ2n) is 19.2. The van der Waals surface area contributed by atoms with Crippen molar-refractivity contribution in [3.8, 4) is 0 Å². The third kappa shape index (κ3) is 9.37. The normalized spacial score (nSPS) is 36.2. The van der Waals surface area contributed by atoms with E-state index in [1.807, 2.05) is 0 Å². The number of carbonyl (C=O) groups excluding carboxylic acids is 2. The van der Waals surface area contributed by atoms with Crippen molar-refractivity contribution in [2.45, 2.75) is 181 Å². The van der Waals surface area contributed by atoms with E-state index in [0.29, 0.717) is 55.5 Å². The van der Waals surface area contributed by atoms with Crippen molar-refractivity contribution in [2.24, 2.45) is 46.3 Å². The highest BCUT2D eigenvalue weighted by Gasteiger charge is 2.66. The predicted molar refractivity (Wildman–Crippen MR) is 204 cm³/mol. The summed E-state index contributed by atoms with van der Waals surface area (Å²) in [6.07, 6.45) is 13.6. The highest BCUT2D eigenvalue weighted by atomic mass is 28.4. The molecular formula is C41H76N2O6Si. The molecule has 50 heavy (non-hydrogen) atoms. The molecular weight excluding hydrogens is 645 g/mol. The number of carbonyl (C=O) groups is 2. The monoisotopic (exact) mass is 721 g/mol. The summed E-state index contributed by atoms with van der Waals surface area (Å²) >= 11 is 0. The van der Waals surface area contributed by atoms with Crippen LogP contribution in [0.1, 0.15) is 144 Å². The first kappa shape index (κ1) is 41.7. The summed E-state index contributed by atoms with van der Waals surface area (Å²) in [4.78, 5) is 24.8. The molecule has 8 nitrogen and oxygen atoms in total. The lowest BCUT2D eigenvalue weighted by Crippen LogP contribution is -2.62. The number of fused-ring (bicyclic) bond motifs is 5. The maximum absolute atomic E-state index is 12.8. The summed E-state index contributed by atoms with van der Waals surface area (Å²) in [6, 6.07) is 0. The van der Waals surface area contributed by atoms with E-state index in [-0.39, 0.29) is 58.5 Å². The smallest absolute Gasteiger partial charge is 0.220 e. The average molecular weight is 721 g/mol. The average Bonchev–Trinajstić information content (AvgIpc) is 3.40. The number of aliphatic hydroxyl groups excluding tert-OH is 3. The fourth-order valence-corrected chi connectivity index (χ4v) is 12.4. The minimum atomic E-state index is -1.86. The van der Waals surface area contributed by atoms with E-state index in [1.54, 1.807) is 0 Å². The third-order valence-electron chi connectivity index (χ3n) is 15.2. The van der Waals surface area contributed by atoms with E-state index in [1.165, 1.54) is 0 Å². The quantitative estimate of drug-likeness (QED) is 0.0790. The van der Waals surface area contributed by atoms with E-state index < -0.39 is 8.32 Å². The topological polar surface area (TPSA) is 128 Å². The first-order valence-electron chi connectivity index (χ1n) is 20.6.